The molecule has 1 aromatic rings. The van der Waals surface area contributed by atoms with E-state index in [2.05, 4.69) is 27.7 Å². The standard InChI is InChI=1S/C26H47NO2/c1-5-9-20(3)11-7-12-22(15-14-21(4)10-6-2)17-24-19-25(28)23(13-8-16-27)18-26(24)29/h18-22,28-29H,5-17,27H2,1-4H3. The molecule has 0 spiro atoms. The minimum absolute atomic E-state index is 0.306. The van der Waals surface area contributed by atoms with Crippen molar-refractivity contribution in [1.29, 1.82) is 0 Å². The Morgan fingerprint density at radius 1 is 0.759 bits per heavy atom. The Labute approximate surface area is 180 Å². The van der Waals surface area contributed by atoms with Gasteiger partial charge in [0.1, 0.15) is 11.5 Å². The van der Waals surface area contributed by atoms with Gasteiger partial charge in [0.25, 0.3) is 0 Å². The summed E-state index contributed by atoms with van der Waals surface area (Å²) in [5.41, 5.74) is 7.28. The van der Waals surface area contributed by atoms with Crippen molar-refractivity contribution in [3.05, 3.63) is 23.3 Å². The molecule has 0 bridgehead atoms. The van der Waals surface area contributed by atoms with Gasteiger partial charge >= 0.3 is 0 Å². The van der Waals surface area contributed by atoms with E-state index < -0.39 is 0 Å². The first-order valence-corrected chi connectivity index (χ1v) is 12.1. The average molecular weight is 406 g/mol. The third-order valence-corrected chi connectivity index (χ3v) is 6.38. The van der Waals surface area contributed by atoms with Gasteiger partial charge in [-0.05, 0) is 73.2 Å². The number of nitrogens with two attached hydrogens (primary N) is 1. The molecule has 3 atom stereocenters. The van der Waals surface area contributed by atoms with Crippen molar-refractivity contribution >= 4 is 0 Å². The monoisotopic (exact) mass is 405 g/mol. The fourth-order valence-electron chi connectivity index (χ4n) is 4.53. The van der Waals surface area contributed by atoms with Crippen LogP contribution in [0.4, 0.5) is 0 Å². The number of hydrogen-bond acceptors (Lipinski definition) is 3. The minimum atomic E-state index is 0.306. The van der Waals surface area contributed by atoms with Crippen LogP contribution in [0.3, 0.4) is 0 Å². The van der Waals surface area contributed by atoms with Crippen LogP contribution in [-0.2, 0) is 12.8 Å². The zero-order chi connectivity index (χ0) is 21.6. The van der Waals surface area contributed by atoms with Gasteiger partial charge in [-0.2, -0.15) is 0 Å². The molecule has 168 valence electrons. The number of rotatable bonds is 16. The zero-order valence-corrected chi connectivity index (χ0v) is 19.6. The van der Waals surface area contributed by atoms with Crippen LogP contribution >= 0.6 is 0 Å². The fourth-order valence-corrected chi connectivity index (χ4v) is 4.53. The second-order valence-electron chi connectivity index (χ2n) is 9.37. The molecule has 0 amide bonds. The number of phenolic OH excluding ortho intramolecular Hbond substituents is 2. The van der Waals surface area contributed by atoms with Crippen LogP contribution in [0.25, 0.3) is 0 Å². The Balaban J connectivity index is 2.76. The minimum Gasteiger partial charge on any atom is -0.508 e. The van der Waals surface area contributed by atoms with Crippen LogP contribution < -0.4 is 5.73 Å². The van der Waals surface area contributed by atoms with E-state index in [1.54, 1.807) is 12.1 Å². The number of phenols is 2. The van der Waals surface area contributed by atoms with Crippen molar-refractivity contribution < 1.29 is 10.2 Å². The molecule has 1 aromatic carbocycles. The molecule has 0 aliphatic rings. The van der Waals surface area contributed by atoms with Gasteiger partial charge in [-0.15, -0.1) is 0 Å². The lowest BCUT2D eigenvalue weighted by atomic mass is 9.85. The van der Waals surface area contributed by atoms with E-state index >= 15 is 0 Å². The molecular formula is C26H47NO2. The van der Waals surface area contributed by atoms with Crippen molar-refractivity contribution in [2.45, 2.75) is 105 Å². The highest BCUT2D eigenvalue weighted by Gasteiger charge is 2.16. The first-order chi connectivity index (χ1) is 13.9. The van der Waals surface area contributed by atoms with E-state index in [9.17, 15) is 10.2 Å². The van der Waals surface area contributed by atoms with E-state index in [1.165, 1.54) is 57.8 Å². The van der Waals surface area contributed by atoms with Gasteiger partial charge in [0, 0.05) is 0 Å². The molecule has 0 fully saturated rings. The Morgan fingerprint density at radius 2 is 1.34 bits per heavy atom. The molecule has 3 heteroatoms. The predicted molar refractivity (Wildman–Crippen MR) is 126 cm³/mol. The molecule has 0 aromatic heterocycles. The first kappa shape index (κ1) is 25.8. The third-order valence-electron chi connectivity index (χ3n) is 6.38. The summed E-state index contributed by atoms with van der Waals surface area (Å²) in [5.74, 6) is 2.78. The quantitative estimate of drug-likeness (QED) is 0.260. The highest BCUT2D eigenvalue weighted by Crippen LogP contribution is 2.33. The molecule has 0 radical (unpaired) electrons. The first-order valence-electron chi connectivity index (χ1n) is 12.1. The maximum Gasteiger partial charge on any atom is 0.119 e. The van der Waals surface area contributed by atoms with Gasteiger partial charge in [0.15, 0.2) is 0 Å². The number of benzene rings is 1. The van der Waals surface area contributed by atoms with Crippen LogP contribution in [0.2, 0.25) is 0 Å². The van der Waals surface area contributed by atoms with Crippen molar-refractivity contribution in [3.63, 3.8) is 0 Å². The average Bonchev–Trinajstić information content (AvgIpc) is 2.67. The second-order valence-corrected chi connectivity index (χ2v) is 9.37. The molecular weight excluding hydrogens is 358 g/mol. The molecule has 3 nitrogen and oxygen atoms in total. The van der Waals surface area contributed by atoms with Gasteiger partial charge in [0.2, 0.25) is 0 Å². The predicted octanol–water partition coefficient (Wildman–Crippen LogP) is 6.97. The van der Waals surface area contributed by atoms with Crippen LogP contribution in [0, 0.1) is 17.8 Å². The lowest BCUT2D eigenvalue weighted by Crippen LogP contribution is -2.09. The van der Waals surface area contributed by atoms with Crippen molar-refractivity contribution in [2.75, 3.05) is 6.54 Å². The van der Waals surface area contributed by atoms with Crippen LogP contribution in [-0.4, -0.2) is 16.8 Å². The van der Waals surface area contributed by atoms with Gasteiger partial charge in [-0.3, -0.25) is 0 Å². The Bertz CT molecular complexity index is 558. The summed E-state index contributed by atoms with van der Waals surface area (Å²) in [6.45, 7) is 9.85. The van der Waals surface area contributed by atoms with Crippen molar-refractivity contribution in [2.24, 2.45) is 23.5 Å². The second kappa shape index (κ2) is 14.7. The molecule has 0 heterocycles. The van der Waals surface area contributed by atoms with Gasteiger partial charge < -0.3 is 15.9 Å². The Kier molecular flexibility index (Phi) is 13.1. The lowest BCUT2D eigenvalue weighted by molar-refractivity contribution is 0.346. The molecule has 0 aliphatic carbocycles. The van der Waals surface area contributed by atoms with E-state index in [1.807, 2.05) is 0 Å². The summed E-state index contributed by atoms with van der Waals surface area (Å²) in [5, 5.41) is 21.0. The van der Waals surface area contributed by atoms with Gasteiger partial charge in [-0.1, -0.05) is 79.1 Å². The summed E-state index contributed by atoms with van der Waals surface area (Å²) >= 11 is 0. The summed E-state index contributed by atoms with van der Waals surface area (Å²) < 4.78 is 0. The highest BCUT2D eigenvalue weighted by atomic mass is 16.3. The third kappa shape index (κ3) is 10.4. The smallest absolute Gasteiger partial charge is 0.119 e. The zero-order valence-electron chi connectivity index (χ0n) is 19.6. The summed E-state index contributed by atoms with van der Waals surface area (Å²) in [7, 11) is 0. The summed E-state index contributed by atoms with van der Waals surface area (Å²) in [4.78, 5) is 0. The number of aryl methyl sites for hydroxylation is 1. The SMILES string of the molecule is CCCC(C)CCCC(CCC(C)CCC)Cc1cc(O)c(CCCN)cc1O. The van der Waals surface area contributed by atoms with Crippen molar-refractivity contribution in [3.8, 4) is 11.5 Å². The van der Waals surface area contributed by atoms with E-state index in [4.69, 9.17) is 5.73 Å². The van der Waals surface area contributed by atoms with E-state index in [-0.39, 0.29) is 0 Å². The largest absolute Gasteiger partial charge is 0.508 e. The van der Waals surface area contributed by atoms with Crippen LogP contribution in [0.1, 0.15) is 103 Å². The highest BCUT2D eigenvalue weighted by molar-refractivity contribution is 5.45. The van der Waals surface area contributed by atoms with E-state index in [0.29, 0.717) is 30.4 Å². The molecule has 29 heavy (non-hydrogen) atoms. The molecule has 4 N–H and O–H groups in total. The molecule has 0 saturated carbocycles. The maximum absolute atomic E-state index is 10.6. The lowest BCUT2D eigenvalue weighted by Gasteiger charge is -2.21. The van der Waals surface area contributed by atoms with Crippen molar-refractivity contribution in [1.82, 2.24) is 0 Å². The van der Waals surface area contributed by atoms with Crippen LogP contribution in [0.5, 0.6) is 11.5 Å². The van der Waals surface area contributed by atoms with E-state index in [0.717, 1.165) is 35.8 Å². The molecule has 0 aliphatic heterocycles. The van der Waals surface area contributed by atoms with Gasteiger partial charge in [0.05, 0.1) is 0 Å². The summed E-state index contributed by atoms with van der Waals surface area (Å²) in [6, 6.07) is 3.55. The fraction of sp³-hybridized carbons (Fsp3) is 0.769. The number of aromatic hydroxyl groups is 2. The molecule has 0 saturated heterocycles. The number of hydrogen-bond donors (Lipinski definition) is 3. The maximum atomic E-state index is 10.6. The molecule has 1 rings (SSSR count). The summed E-state index contributed by atoms with van der Waals surface area (Å²) in [6.07, 6.45) is 13.7. The normalized spacial score (nSPS) is 14.7. The Hall–Kier alpha value is -1.22. The van der Waals surface area contributed by atoms with Gasteiger partial charge in [-0.25, -0.2) is 0 Å². The molecule has 3 unspecified atom stereocenters. The van der Waals surface area contributed by atoms with Crippen LogP contribution in [0.15, 0.2) is 12.1 Å². The topological polar surface area (TPSA) is 66.5 Å². The Morgan fingerprint density at radius 3 is 1.97 bits per heavy atom.